The molecule has 168 valence electrons. The van der Waals surface area contributed by atoms with E-state index in [0.29, 0.717) is 16.7 Å². The van der Waals surface area contributed by atoms with Crippen molar-refractivity contribution < 1.29 is 0 Å². The molecule has 0 amide bonds. The van der Waals surface area contributed by atoms with E-state index in [9.17, 15) is 4.79 Å². The van der Waals surface area contributed by atoms with Gasteiger partial charge in [0.05, 0.1) is 16.6 Å². The summed E-state index contributed by atoms with van der Waals surface area (Å²) < 4.78 is 1.76. The van der Waals surface area contributed by atoms with Crippen molar-refractivity contribution in [2.45, 2.75) is 19.9 Å². The van der Waals surface area contributed by atoms with Gasteiger partial charge in [-0.15, -0.1) is 0 Å². The lowest BCUT2D eigenvalue weighted by atomic mass is 10.0. The molecule has 3 aromatic carbocycles. The molecule has 5 nitrogen and oxygen atoms in total. The zero-order chi connectivity index (χ0) is 23.7. The first-order valence-electron chi connectivity index (χ1n) is 11.3. The summed E-state index contributed by atoms with van der Waals surface area (Å²) in [4.78, 5) is 25.5. The van der Waals surface area contributed by atoms with E-state index in [4.69, 9.17) is 4.98 Å². The maximum absolute atomic E-state index is 14.0. The number of nitrogens with zero attached hydrogens (tertiary/aromatic N) is 4. The van der Waals surface area contributed by atoms with Crippen molar-refractivity contribution in [2.24, 2.45) is 0 Å². The van der Waals surface area contributed by atoms with E-state index in [1.54, 1.807) is 10.8 Å². The third-order valence-corrected chi connectivity index (χ3v) is 6.21. The monoisotopic (exact) mass is 446 g/mol. The van der Waals surface area contributed by atoms with Crippen LogP contribution in [0.2, 0.25) is 0 Å². The Balaban J connectivity index is 1.69. The van der Waals surface area contributed by atoms with Gasteiger partial charge in [-0.25, -0.2) is 4.98 Å². The molecule has 5 rings (SSSR count). The Labute approximate surface area is 199 Å². The van der Waals surface area contributed by atoms with Crippen molar-refractivity contribution in [1.29, 1.82) is 0 Å². The minimum Gasteiger partial charge on any atom is -0.345 e. The van der Waals surface area contributed by atoms with Crippen molar-refractivity contribution >= 4 is 22.3 Å². The molecule has 0 aliphatic carbocycles. The van der Waals surface area contributed by atoms with Crippen molar-refractivity contribution in [2.75, 3.05) is 11.9 Å². The van der Waals surface area contributed by atoms with Crippen LogP contribution in [0.4, 0.5) is 11.4 Å². The lowest BCUT2D eigenvalue weighted by Gasteiger charge is -2.23. The van der Waals surface area contributed by atoms with Gasteiger partial charge >= 0.3 is 0 Å². The molecule has 0 radical (unpaired) electrons. The van der Waals surface area contributed by atoms with Gasteiger partial charge < -0.3 is 4.90 Å². The first kappa shape index (κ1) is 21.6. The summed E-state index contributed by atoms with van der Waals surface area (Å²) in [5.41, 5.74) is 5.59. The third kappa shape index (κ3) is 3.97. The lowest BCUT2D eigenvalue weighted by Crippen LogP contribution is -2.30. The highest BCUT2D eigenvalue weighted by molar-refractivity contribution is 5.83. The molecule has 0 aliphatic heterocycles. The number of rotatable bonds is 5. The highest BCUT2D eigenvalue weighted by Crippen LogP contribution is 2.28. The Morgan fingerprint density at radius 2 is 1.53 bits per heavy atom. The number of hydrogen-bond donors (Lipinski definition) is 0. The molecule has 5 heteroatoms. The van der Waals surface area contributed by atoms with Crippen LogP contribution < -0.4 is 10.5 Å². The Kier molecular flexibility index (Phi) is 5.68. The predicted octanol–water partition coefficient (Wildman–Crippen LogP) is 5.81. The number of anilines is 2. The van der Waals surface area contributed by atoms with E-state index < -0.39 is 0 Å². The van der Waals surface area contributed by atoms with Crippen molar-refractivity contribution in [3.05, 3.63) is 130 Å². The normalized spacial score (nSPS) is 12.0. The fourth-order valence-electron chi connectivity index (χ4n) is 4.35. The van der Waals surface area contributed by atoms with E-state index in [1.165, 1.54) is 5.56 Å². The average Bonchev–Trinajstić information content (AvgIpc) is 2.87. The molecule has 34 heavy (non-hydrogen) atoms. The Bertz CT molecular complexity index is 1450. The third-order valence-electron chi connectivity index (χ3n) is 6.21. The fraction of sp³-hybridized carbons (Fsp3) is 0.138. The highest BCUT2D eigenvalue weighted by Gasteiger charge is 2.22. The summed E-state index contributed by atoms with van der Waals surface area (Å²) in [5, 5.41) is 0.582. The van der Waals surface area contributed by atoms with Crippen LogP contribution in [-0.4, -0.2) is 21.6 Å². The SMILES string of the molecule is Cc1ccc(N(C)c2ccc3nc(C)n(C(c4ccccc4)c4ccccn4)c(=O)c3c2)cc1. The molecular weight excluding hydrogens is 420 g/mol. The van der Waals surface area contributed by atoms with E-state index in [2.05, 4.69) is 41.1 Å². The molecule has 5 aromatic rings. The maximum atomic E-state index is 14.0. The number of pyridine rings is 1. The van der Waals surface area contributed by atoms with Gasteiger partial charge in [0.25, 0.3) is 5.56 Å². The van der Waals surface area contributed by atoms with Crippen LogP contribution in [0.25, 0.3) is 10.9 Å². The summed E-state index contributed by atoms with van der Waals surface area (Å²) >= 11 is 0. The maximum Gasteiger partial charge on any atom is 0.262 e. The summed E-state index contributed by atoms with van der Waals surface area (Å²) in [6.07, 6.45) is 1.76. The van der Waals surface area contributed by atoms with E-state index in [-0.39, 0.29) is 11.6 Å². The van der Waals surface area contributed by atoms with Gasteiger partial charge in [-0.1, -0.05) is 54.1 Å². The molecule has 0 N–H and O–H groups in total. The second kappa shape index (κ2) is 8.94. The van der Waals surface area contributed by atoms with Crippen LogP contribution >= 0.6 is 0 Å². The molecule has 0 spiro atoms. The van der Waals surface area contributed by atoms with Crippen LogP contribution in [0.15, 0.2) is 102 Å². The number of aromatic nitrogens is 3. The van der Waals surface area contributed by atoms with Gasteiger partial charge in [-0.3, -0.25) is 14.3 Å². The van der Waals surface area contributed by atoms with Crippen molar-refractivity contribution in [3.63, 3.8) is 0 Å². The number of fused-ring (bicyclic) bond motifs is 1. The van der Waals surface area contributed by atoms with Crippen LogP contribution in [0.3, 0.4) is 0 Å². The van der Waals surface area contributed by atoms with Gasteiger partial charge in [0.15, 0.2) is 0 Å². The molecular formula is C29H26N4O. The first-order valence-corrected chi connectivity index (χ1v) is 11.3. The summed E-state index contributed by atoms with van der Waals surface area (Å²) in [7, 11) is 2.01. The zero-order valence-corrected chi connectivity index (χ0v) is 19.5. The van der Waals surface area contributed by atoms with Crippen molar-refractivity contribution in [1.82, 2.24) is 14.5 Å². The molecule has 0 fully saturated rings. The van der Waals surface area contributed by atoms with E-state index >= 15 is 0 Å². The highest BCUT2D eigenvalue weighted by atomic mass is 16.1. The molecule has 0 saturated heterocycles. The molecule has 1 unspecified atom stereocenters. The smallest absolute Gasteiger partial charge is 0.262 e. The number of aryl methyl sites for hydroxylation is 2. The number of benzene rings is 3. The molecule has 0 bridgehead atoms. The van der Waals surface area contributed by atoms with Gasteiger partial charge in [-0.2, -0.15) is 0 Å². The fourth-order valence-corrected chi connectivity index (χ4v) is 4.35. The molecule has 2 aromatic heterocycles. The predicted molar refractivity (Wildman–Crippen MR) is 138 cm³/mol. The minimum absolute atomic E-state index is 0.0823. The van der Waals surface area contributed by atoms with Crippen molar-refractivity contribution in [3.8, 4) is 0 Å². The Morgan fingerprint density at radius 1 is 0.824 bits per heavy atom. The standard InChI is InChI=1S/C29H26N4O/c1-20-12-14-23(15-13-20)32(3)24-16-17-26-25(19-24)29(34)33(21(2)31-26)28(22-9-5-4-6-10-22)27-11-7-8-18-30-27/h4-19,28H,1-3H3. The van der Waals surface area contributed by atoms with Gasteiger partial charge in [0, 0.05) is 24.6 Å². The topological polar surface area (TPSA) is 51.0 Å². The molecule has 1 atom stereocenters. The van der Waals surface area contributed by atoms with E-state index in [0.717, 1.165) is 22.6 Å². The first-order chi connectivity index (χ1) is 16.5. The quantitative estimate of drug-likeness (QED) is 0.342. The summed E-state index contributed by atoms with van der Waals surface area (Å²) in [6, 6.07) is 29.6. The second-order valence-corrected chi connectivity index (χ2v) is 8.50. The summed E-state index contributed by atoms with van der Waals surface area (Å²) in [6.45, 7) is 3.95. The minimum atomic E-state index is -0.370. The van der Waals surface area contributed by atoms with Crippen LogP contribution in [-0.2, 0) is 0 Å². The van der Waals surface area contributed by atoms with Crippen LogP contribution in [0.5, 0.6) is 0 Å². The second-order valence-electron chi connectivity index (χ2n) is 8.50. The molecule has 0 aliphatic rings. The van der Waals surface area contributed by atoms with Gasteiger partial charge in [-0.05, 0) is 61.9 Å². The molecule has 0 saturated carbocycles. The molecule has 2 heterocycles. The van der Waals surface area contributed by atoms with Gasteiger partial charge in [0.2, 0.25) is 0 Å². The number of hydrogen-bond acceptors (Lipinski definition) is 4. The summed E-state index contributed by atoms with van der Waals surface area (Å²) in [5.74, 6) is 0.650. The average molecular weight is 447 g/mol. The van der Waals surface area contributed by atoms with E-state index in [1.807, 2.05) is 80.7 Å². The van der Waals surface area contributed by atoms with Crippen LogP contribution in [0, 0.1) is 13.8 Å². The Hall–Kier alpha value is -4.25. The van der Waals surface area contributed by atoms with Gasteiger partial charge in [0.1, 0.15) is 11.9 Å². The lowest BCUT2D eigenvalue weighted by molar-refractivity contribution is 0.605. The zero-order valence-electron chi connectivity index (χ0n) is 19.5. The largest absolute Gasteiger partial charge is 0.345 e. The Morgan fingerprint density at radius 3 is 2.24 bits per heavy atom. The van der Waals surface area contributed by atoms with Crippen LogP contribution in [0.1, 0.15) is 28.7 Å².